The van der Waals surface area contributed by atoms with Crippen molar-refractivity contribution in [2.45, 2.75) is 24.4 Å². The van der Waals surface area contributed by atoms with Crippen molar-refractivity contribution >= 4 is 5.97 Å². The molecule has 0 saturated heterocycles. The first-order chi connectivity index (χ1) is 5.91. The van der Waals surface area contributed by atoms with E-state index in [0.29, 0.717) is 0 Å². The first-order valence-electron chi connectivity index (χ1n) is 3.45. The van der Waals surface area contributed by atoms with Crippen LogP contribution in [0.15, 0.2) is 0 Å². The Hall–Kier alpha value is -0.133. The maximum Gasteiger partial charge on any atom is 1.00 e. The number of aliphatic hydroxyl groups is 5. The molecule has 0 aliphatic carbocycles. The minimum Gasteiger partial charge on any atom is -0.547 e. The summed E-state index contributed by atoms with van der Waals surface area (Å²) in [6.45, 7) is -0.863. The number of carbonyl (C=O) groups excluding carboxylic acids is 1. The van der Waals surface area contributed by atoms with E-state index < -0.39 is 37.0 Å². The van der Waals surface area contributed by atoms with Crippen LogP contribution in [0.25, 0.3) is 0 Å². The quantitative estimate of drug-likeness (QED) is 0.279. The molecule has 5 N–H and O–H groups in total. The molecule has 0 saturated carbocycles. The Morgan fingerprint density at radius 2 is 1.57 bits per heavy atom. The summed E-state index contributed by atoms with van der Waals surface area (Å²) in [5.74, 6) is -1.98. The number of hydrogen-bond acceptors (Lipinski definition) is 7. The van der Waals surface area contributed by atoms with Gasteiger partial charge in [0.15, 0.2) is 0 Å². The molecule has 78 valence electrons. The topological polar surface area (TPSA) is 141 Å². The van der Waals surface area contributed by atoms with Gasteiger partial charge in [-0.05, 0) is 0 Å². The first-order valence-corrected chi connectivity index (χ1v) is 3.45. The van der Waals surface area contributed by atoms with Gasteiger partial charge in [-0.3, -0.25) is 0 Å². The fraction of sp³-hybridized carbons (Fsp3) is 0.833. The zero-order valence-corrected chi connectivity index (χ0v) is 7.57. The monoisotopic (exact) mass is 202 g/mol. The first kappa shape index (κ1) is 16.3. The molecule has 0 heterocycles. The summed E-state index contributed by atoms with van der Waals surface area (Å²) >= 11 is 0. The Morgan fingerprint density at radius 3 is 1.86 bits per heavy atom. The van der Waals surface area contributed by atoms with Crippen molar-refractivity contribution in [1.82, 2.24) is 0 Å². The van der Waals surface area contributed by atoms with Gasteiger partial charge < -0.3 is 35.4 Å². The summed E-state index contributed by atoms with van der Waals surface area (Å²) in [6.07, 6.45) is -8.08. The van der Waals surface area contributed by atoms with Crippen molar-refractivity contribution < 1.29 is 54.3 Å². The molecular weight excluding hydrogens is 191 g/mol. The van der Waals surface area contributed by atoms with Crippen LogP contribution in [0.3, 0.4) is 0 Å². The molecule has 0 aliphatic rings. The van der Waals surface area contributed by atoms with Crippen LogP contribution in [-0.2, 0) is 4.79 Å². The zero-order valence-electron chi connectivity index (χ0n) is 7.57. The Balaban J connectivity index is 0. The molecule has 8 heteroatoms. The normalized spacial score (nSPS) is 18.9. The van der Waals surface area contributed by atoms with Crippen molar-refractivity contribution in [3.05, 3.63) is 0 Å². The van der Waals surface area contributed by atoms with Crippen LogP contribution >= 0.6 is 0 Å². The molecule has 0 aromatic heterocycles. The summed E-state index contributed by atoms with van der Waals surface area (Å²) in [6, 6.07) is 0. The standard InChI is InChI=1S/C6H12O7.Li/c7-1-2(8)3(9)4(10)5(11)6(12)13;/h2-5,7-11H,1H2,(H,12,13);/q;+1/p-1/t2-,3-,4+,5-;/m1./s1. The Kier molecular flexibility index (Phi) is 8.38. The van der Waals surface area contributed by atoms with Crippen molar-refractivity contribution in [2.75, 3.05) is 6.61 Å². The predicted octanol–water partition coefficient (Wildman–Crippen LogP) is -7.82. The minimum atomic E-state index is -2.31. The van der Waals surface area contributed by atoms with Crippen LogP contribution in [0.2, 0.25) is 0 Å². The number of carboxylic acids is 1. The number of aliphatic hydroxyl groups excluding tert-OH is 5. The van der Waals surface area contributed by atoms with Crippen molar-refractivity contribution in [2.24, 2.45) is 0 Å². The van der Waals surface area contributed by atoms with Crippen LogP contribution in [0.1, 0.15) is 0 Å². The zero-order chi connectivity index (χ0) is 10.6. The summed E-state index contributed by atoms with van der Waals surface area (Å²) in [5.41, 5.74) is 0. The molecule has 0 aliphatic heterocycles. The summed E-state index contributed by atoms with van der Waals surface area (Å²) in [7, 11) is 0. The van der Waals surface area contributed by atoms with Gasteiger partial charge in [0.05, 0.1) is 12.6 Å². The van der Waals surface area contributed by atoms with E-state index in [1.54, 1.807) is 0 Å². The second-order valence-corrected chi connectivity index (χ2v) is 2.49. The Labute approximate surface area is 91.8 Å². The average Bonchev–Trinajstić information content (AvgIpc) is 2.12. The molecule has 0 aromatic rings. The summed E-state index contributed by atoms with van der Waals surface area (Å²) in [5, 5.41) is 53.4. The van der Waals surface area contributed by atoms with Crippen LogP contribution in [0.4, 0.5) is 0 Å². The van der Waals surface area contributed by atoms with Crippen LogP contribution < -0.4 is 24.0 Å². The molecule has 4 atom stereocenters. The average molecular weight is 202 g/mol. The SMILES string of the molecule is O=C([O-])[C@H](O)[C@@H](O)[C@H](O)[C@H](O)CO.[Li+]. The fourth-order valence-electron chi connectivity index (χ4n) is 0.662. The van der Waals surface area contributed by atoms with E-state index in [1.807, 2.05) is 0 Å². The van der Waals surface area contributed by atoms with E-state index >= 15 is 0 Å². The minimum absolute atomic E-state index is 0. The molecule has 7 nitrogen and oxygen atoms in total. The fourth-order valence-corrected chi connectivity index (χ4v) is 0.662. The molecule has 14 heavy (non-hydrogen) atoms. The van der Waals surface area contributed by atoms with E-state index in [0.717, 1.165) is 0 Å². The Bertz CT molecular complexity index is 176. The van der Waals surface area contributed by atoms with Gasteiger partial charge in [0.25, 0.3) is 0 Å². The maximum absolute atomic E-state index is 9.98. The van der Waals surface area contributed by atoms with Gasteiger partial charge >= 0.3 is 18.9 Å². The molecule has 0 radical (unpaired) electrons. The molecular formula is C6H11LiO7. The molecule has 0 bridgehead atoms. The third-order valence-electron chi connectivity index (χ3n) is 1.50. The Morgan fingerprint density at radius 1 is 1.14 bits per heavy atom. The van der Waals surface area contributed by atoms with Crippen LogP contribution in [0.5, 0.6) is 0 Å². The molecule has 0 amide bonds. The van der Waals surface area contributed by atoms with E-state index in [9.17, 15) is 9.90 Å². The third-order valence-corrected chi connectivity index (χ3v) is 1.50. The van der Waals surface area contributed by atoms with Crippen LogP contribution in [-0.4, -0.2) is 62.5 Å². The van der Waals surface area contributed by atoms with Crippen LogP contribution in [0, 0.1) is 0 Å². The largest absolute Gasteiger partial charge is 1.00 e. The van der Waals surface area contributed by atoms with Gasteiger partial charge in [0, 0.05) is 0 Å². The third kappa shape index (κ3) is 4.39. The van der Waals surface area contributed by atoms with Crippen molar-refractivity contribution in [3.8, 4) is 0 Å². The van der Waals surface area contributed by atoms with Gasteiger partial charge in [-0.1, -0.05) is 0 Å². The number of aliphatic carboxylic acids is 1. The molecule has 0 aromatic carbocycles. The van der Waals surface area contributed by atoms with Gasteiger partial charge in [-0.15, -0.1) is 0 Å². The smallest absolute Gasteiger partial charge is 0.547 e. The van der Waals surface area contributed by atoms with Gasteiger partial charge in [-0.2, -0.15) is 0 Å². The number of hydrogen-bond donors (Lipinski definition) is 5. The number of rotatable bonds is 5. The van der Waals surface area contributed by atoms with E-state index in [-0.39, 0.29) is 18.9 Å². The van der Waals surface area contributed by atoms with Gasteiger partial charge in [0.2, 0.25) is 0 Å². The van der Waals surface area contributed by atoms with E-state index in [2.05, 4.69) is 0 Å². The van der Waals surface area contributed by atoms with Crippen molar-refractivity contribution in [3.63, 3.8) is 0 Å². The van der Waals surface area contributed by atoms with E-state index in [1.165, 1.54) is 0 Å². The number of carbonyl (C=O) groups is 1. The van der Waals surface area contributed by atoms with Crippen molar-refractivity contribution in [1.29, 1.82) is 0 Å². The van der Waals surface area contributed by atoms with Gasteiger partial charge in [-0.25, -0.2) is 0 Å². The molecule has 0 unspecified atom stereocenters. The predicted molar refractivity (Wildman–Crippen MR) is 36.1 cm³/mol. The molecule has 0 rings (SSSR count). The molecule has 0 fully saturated rings. The second kappa shape index (κ2) is 7.20. The number of carboxylic acid groups (broad SMARTS) is 1. The van der Waals surface area contributed by atoms with Gasteiger partial charge in [0.1, 0.15) is 24.4 Å². The second-order valence-electron chi connectivity index (χ2n) is 2.49. The summed E-state index contributed by atoms with van der Waals surface area (Å²) < 4.78 is 0. The maximum atomic E-state index is 9.98. The van der Waals surface area contributed by atoms with E-state index in [4.69, 9.17) is 25.5 Å². The summed E-state index contributed by atoms with van der Waals surface area (Å²) in [4.78, 5) is 9.98. The molecule has 0 spiro atoms.